The number of benzene rings is 2. The summed E-state index contributed by atoms with van der Waals surface area (Å²) in [5.74, 6) is -0.246. The Bertz CT molecular complexity index is 1170. The Morgan fingerprint density at radius 3 is 2.73 bits per heavy atom. The number of nitrogens with one attached hydrogen (secondary N) is 2. The van der Waals surface area contributed by atoms with Gasteiger partial charge in [-0.3, -0.25) is 25.0 Å². The summed E-state index contributed by atoms with van der Waals surface area (Å²) in [6, 6.07) is 10.2. The summed E-state index contributed by atoms with van der Waals surface area (Å²) in [6.45, 7) is 1.72. The lowest BCUT2D eigenvalue weighted by atomic mass is 10.1. The van der Waals surface area contributed by atoms with Crippen molar-refractivity contribution < 1.29 is 14.5 Å². The Balaban J connectivity index is 1.53. The average molecular weight is 427 g/mol. The first-order chi connectivity index (χ1) is 14.3. The van der Waals surface area contributed by atoms with Gasteiger partial charge >= 0.3 is 0 Å². The Morgan fingerprint density at radius 2 is 2.03 bits per heavy atom. The van der Waals surface area contributed by atoms with Crippen molar-refractivity contribution in [3.05, 3.63) is 63.2 Å². The van der Waals surface area contributed by atoms with Gasteiger partial charge in [-0.15, -0.1) is 5.10 Å². The van der Waals surface area contributed by atoms with Gasteiger partial charge in [0, 0.05) is 22.7 Å². The topological polar surface area (TPSA) is 132 Å². The number of fused-ring (bicyclic) bond motifs is 1. The molecule has 3 aromatic rings. The second-order valence-corrected chi connectivity index (χ2v) is 7.16. The van der Waals surface area contributed by atoms with Crippen LogP contribution in [0.5, 0.6) is 0 Å². The molecular formula is C19H15ClN6O4. The van der Waals surface area contributed by atoms with Gasteiger partial charge < -0.3 is 5.32 Å². The normalized spacial score (nSPS) is 14.9. The van der Waals surface area contributed by atoms with Gasteiger partial charge in [-0.2, -0.15) is 4.98 Å². The molecule has 2 heterocycles. The Hall–Kier alpha value is -3.79. The number of amides is 2. The molecule has 0 spiro atoms. The molecule has 1 atom stereocenters. The number of carbonyl (C=O) groups is 2. The summed E-state index contributed by atoms with van der Waals surface area (Å²) < 4.78 is 1.37. The van der Waals surface area contributed by atoms with E-state index in [0.29, 0.717) is 27.7 Å². The highest BCUT2D eigenvalue weighted by Crippen LogP contribution is 2.29. The molecule has 30 heavy (non-hydrogen) atoms. The SMILES string of the molecule is Cc1ccc([N+](=O)[O-])cc1NC(=O)CC1C(=O)Nc2nc(-c3ccc(Cl)cc3)nn21. The largest absolute Gasteiger partial charge is 0.326 e. The standard InChI is InChI=1S/C19H15ClN6O4/c1-10-2-7-13(26(29)30)8-14(10)21-16(27)9-15-18(28)23-19-22-17(24-25(15)19)11-3-5-12(20)6-4-11/h2-8,15H,9H2,1H3,(H,21,27)(H,22,23,24,28). The van der Waals surface area contributed by atoms with E-state index in [4.69, 9.17) is 11.6 Å². The molecule has 2 aromatic carbocycles. The van der Waals surface area contributed by atoms with E-state index in [0.717, 1.165) is 0 Å². The summed E-state index contributed by atoms with van der Waals surface area (Å²) in [4.78, 5) is 39.5. The molecule has 1 aromatic heterocycles. The summed E-state index contributed by atoms with van der Waals surface area (Å²) >= 11 is 5.89. The molecule has 0 bridgehead atoms. The van der Waals surface area contributed by atoms with E-state index >= 15 is 0 Å². The summed E-state index contributed by atoms with van der Waals surface area (Å²) in [5, 5.41) is 21.1. The molecule has 0 radical (unpaired) electrons. The highest BCUT2D eigenvalue weighted by molar-refractivity contribution is 6.30. The molecule has 10 nitrogen and oxygen atoms in total. The maximum atomic E-state index is 12.5. The zero-order valence-corrected chi connectivity index (χ0v) is 16.4. The molecule has 0 saturated heterocycles. The van der Waals surface area contributed by atoms with Crippen LogP contribution in [-0.4, -0.2) is 31.5 Å². The number of rotatable bonds is 5. The fourth-order valence-electron chi connectivity index (χ4n) is 3.07. The maximum absolute atomic E-state index is 12.5. The van der Waals surface area contributed by atoms with Gasteiger partial charge in [-0.05, 0) is 36.8 Å². The average Bonchev–Trinajstić information content (AvgIpc) is 3.22. The lowest BCUT2D eigenvalue weighted by molar-refractivity contribution is -0.384. The van der Waals surface area contributed by atoms with Gasteiger partial charge in [0.05, 0.1) is 17.0 Å². The highest BCUT2D eigenvalue weighted by atomic mass is 35.5. The number of hydrogen-bond acceptors (Lipinski definition) is 6. The predicted molar refractivity (Wildman–Crippen MR) is 109 cm³/mol. The number of nitro groups is 1. The van der Waals surface area contributed by atoms with Crippen molar-refractivity contribution in [2.45, 2.75) is 19.4 Å². The van der Waals surface area contributed by atoms with Crippen LogP contribution in [0.4, 0.5) is 17.3 Å². The number of carbonyl (C=O) groups excluding carboxylic acids is 2. The number of hydrogen-bond donors (Lipinski definition) is 2. The van der Waals surface area contributed by atoms with Crippen molar-refractivity contribution in [2.75, 3.05) is 10.6 Å². The third kappa shape index (κ3) is 3.72. The molecule has 2 amide bonds. The molecule has 0 fully saturated rings. The van der Waals surface area contributed by atoms with Crippen molar-refractivity contribution in [1.82, 2.24) is 14.8 Å². The van der Waals surface area contributed by atoms with Crippen LogP contribution in [0.15, 0.2) is 42.5 Å². The first kappa shape index (κ1) is 19.5. The number of nitrogens with zero attached hydrogens (tertiary/aromatic N) is 4. The van der Waals surface area contributed by atoms with Gasteiger partial charge in [0.15, 0.2) is 5.82 Å². The van der Waals surface area contributed by atoms with Crippen LogP contribution in [0.25, 0.3) is 11.4 Å². The van der Waals surface area contributed by atoms with Gasteiger partial charge in [-0.1, -0.05) is 17.7 Å². The van der Waals surface area contributed by atoms with E-state index in [2.05, 4.69) is 20.7 Å². The van der Waals surface area contributed by atoms with E-state index in [9.17, 15) is 19.7 Å². The van der Waals surface area contributed by atoms with Gasteiger partial charge in [0.2, 0.25) is 11.9 Å². The van der Waals surface area contributed by atoms with Crippen LogP contribution in [0, 0.1) is 17.0 Å². The zero-order chi connectivity index (χ0) is 21.4. The monoisotopic (exact) mass is 426 g/mol. The first-order valence-electron chi connectivity index (χ1n) is 8.90. The van der Waals surface area contributed by atoms with E-state index in [1.807, 2.05) is 0 Å². The lowest BCUT2D eigenvalue weighted by Gasteiger charge is -2.11. The third-order valence-electron chi connectivity index (χ3n) is 4.65. The van der Waals surface area contributed by atoms with Crippen LogP contribution < -0.4 is 10.6 Å². The van der Waals surface area contributed by atoms with Gasteiger partial charge in [0.1, 0.15) is 6.04 Å². The van der Waals surface area contributed by atoms with Gasteiger partial charge in [0.25, 0.3) is 11.6 Å². The smallest absolute Gasteiger partial charge is 0.271 e. The summed E-state index contributed by atoms with van der Waals surface area (Å²) in [5.41, 5.74) is 1.55. The van der Waals surface area contributed by atoms with Crippen molar-refractivity contribution >= 4 is 40.7 Å². The van der Waals surface area contributed by atoms with E-state index < -0.39 is 22.8 Å². The first-order valence-corrected chi connectivity index (χ1v) is 9.28. The number of anilines is 2. The minimum absolute atomic E-state index is 0.138. The molecule has 11 heteroatoms. The lowest BCUT2D eigenvalue weighted by Crippen LogP contribution is -2.24. The number of aryl methyl sites for hydroxylation is 1. The molecule has 0 saturated carbocycles. The maximum Gasteiger partial charge on any atom is 0.271 e. The highest BCUT2D eigenvalue weighted by Gasteiger charge is 2.35. The fraction of sp³-hybridized carbons (Fsp3) is 0.158. The van der Waals surface area contributed by atoms with E-state index in [-0.39, 0.29) is 18.1 Å². The number of aromatic nitrogens is 3. The molecule has 2 N–H and O–H groups in total. The van der Waals surface area contributed by atoms with E-state index in [1.54, 1.807) is 37.3 Å². The van der Waals surface area contributed by atoms with Crippen molar-refractivity contribution in [3.63, 3.8) is 0 Å². The van der Waals surface area contributed by atoms with Crippen molar-refractivity contribution in [1.29, 1.82) is 0 Å². The zero-order valence-electron chi connectivity index (χ0n) is 15.6. The predicted octanol–water partition coefficient (Wildman–Crippen LogP) is 3.34. The Labute approximate surface area is 175 Å². The minimum atomic E-state index is -0.882. The van der Waals surface area contributed by atoms with Crippen LogP contribution in [0.1, 0.15) is 18.0 Å². The second kappa shape index (κ2) is 7.56. The van der Waals surface area contributed by atoms with Crippen molar-refractivity contribution in [3.8, 4) is 11.4 Å². The van der Waals surface area contributed by atoms with Crippen LogP contribution in [0.3, 0.4) is 0 Å². The third-order valence-corrected chi connectivity index (χ3v) is 4.90. The molecule has 152 valence electrons. The molecular weight excluding hydrogens is 412 g/mol. The van der Waals surface area contributed by atoms with Crippen LogP contribution in [0.2, 0.25) is 5.02 Å². The Morgan fingerprint density at radius 1 is 1.30 bits per heavy atom. The molecule has 4 rings (SSSR count). The van der Waals surface area contributed by atoms with E-state index in [1.165, 1.54) is 16.8 Å². The number of nitro benzene ring substituents is 1. The fourth-order valence-corrected chi connectivity index (χ4v) is 3.19. The Kier molecular flexibility index (Phi) is 4.92. The summed E-state index contributed by atoms with van der Waals surface area (Å²) in [6.07, 6.45) is -0.204. The molecule has 1 aliphatic rings. The quantitative estimate of drug-likeness (QED) is 0.475. The summed E-state index contributed by atoms with van der Waals surface area (Å²) in [7, 11) is 0. The number of halogens is 1. The van der Waals surface area contributed by atoms with Crippen LogP contribution >= 0.6 is 11.6 Å². The molecule has 0 aliphatic carbocycles. The number of non-ortho nitro benzene ring substituents is 1. The molecule has 1 unspecified atom stereocenters. The minimum Gasteiger partial charge on any atom is -0.326 e. The second-order valence-electron chi connectivity index (χ2n) is 6.72. The van der Waals surface area contributed by atoms with Crippen molar-refractivity contribution in [2.24, 2.45) is 0 Å². The van der Waals surface area contributed by atoms with Gasteiger partial charge in [-0.25, -0.2) is 4.68 Å². The van der Waals surface area contributed by atoms with Crippen LogP contribution in [-0.2, 0) is 9.59 Å². The molecule has 1 aliphatic heterocycles.